The highest BCUT2D eigenvalue weighted by Crippen LogP contribution is 2.23. The lowest BCUT2D eigenvalue weighted by atomic mass is 10.3. The number of fused-ring (bicyclic) bond motifs is 1. The van der Waals surface area contributed by atoms with E-state index >= 15 is 0 Å². The van der Waals surface area contributed by atoms with Crippen molar-refractivity contribution in [2.75, 3.05) is 11.1 Å². The van der Waals surface area contributed by atoms with Gasteiger partial charge in [0.1, 0.15) is 5.52 Å². The lowest BCUT2D eigenvalue weighted by Crippen LogP contribution is -2.12. The predicted molar refractivity (Wildman–Crippen MR) is 82.2 cm³/mol. The third-order valence-corrected chi connectivity index (χ3v) is 3.60. The van der Waals surface area contributed by atoms with Crippen LogP contribution in [0.4, 0.5) is 5.69 Å². The minimum Gasteiger partial charge on any atom is -0.431 e. The number of rotatable bonds is 5. The van der Waals surface area contributed by atoms with Gasteiger partial charge in [-0.25, -0.2) is 4.98 Å². The van der Waals surface area contributed by atoms with Gasteiger partial charge in [-0.05, 0) is 24.3 Å². The molecule has 1 aromatic carbocycles. The number of nitrogens with zero attached hydrogens (tertiary/aromatic N) is 2. The predicted octanol–water partition coefficient (Wildman–Crippen LogP) is 3.34. The number of hydrogen-bond acceptors (Lipinski definition) is 5. The Bertz CT molecular complexity index is 710. The minimum absolute atomic E-state index is 0.0494. The normalized spacial score (nSPS) is 10.7. The number of hydrogen-bond donors (Lipinski definition) is 1. The Morgan fingerprint density at radius 1 is 1.24 bits per heavy atom. The lowest BCUT2D eigenvalue weighted by molar-refractivity contribution is -0.115. The van der Waals surface area contributed by atoms with E-state index in [-0.39, 0.29) is 5.91 Å². The first-order valence-electron chi connectivity index (χ1n) is 6.49. The van der Waals surface area contributed by atoms with Gasteiger partial charge in [-0.3, -0.25) is 9.78 Å². The summed E-state index contributed by atoms with van der Waals surface area (Å²) in [5.74, 6) is 0.561. The van der Waals surface area contributed by atoms with Crippen molar-refractivity contribution in [3.05, 3.63) is 48.8 Å². The molecule has 0 bridgehead atoms. The molecule has 106 valence electrons. The van der Waals surface area contributed by atoms with Crippen molar-refractivity contribution < 1.29 is 9.21 Å². The fourth-order valence-electron chi connectivity index (χ4n) is 1.80. The first-order valence-corrected chi connectivity index (χ1v) is 7.48. The second-order valence-corrected chi connectivity index (χ2v) is 5.38. The molecular weight excluding hydrogens is 286 g/mol. The molecule has 6 heteroatoms. The smallest absolute Gasteiger partial charge is 0.256 e. The van der Waals surface area contributed by atoms with E-state index in [0.717, 1.165) is 11.1 Å². The fraction of sp³-hybridized carbons (Fsp3) is 0.133. The van der Waals surface area contributed by atoms with Gasteiger partial charge in [0.2, 0.25) is 5.91 Å². The quantitative estimate of drug-likeness (QED) is 0.732. The van der Waals surface area contributed by atoms with Gasteiger partial charge >= 0.3 is 0 Å². The molecule has 0 atom stereocenters. The Morgan fingerprint density at radius 2 is 2.14 bits per heavy atom. The van der Waals surface area contributed by atoms with Crippen LogP contribution in [0.5, 0.6) is 0 Å². The number of carbonyl (C=O) groups excluding carboxylic acids is 1. The summed E-state index contributed by atoms with van der Waals surface area (Å²) in [6.45, 7) is 0. The molecule has 0 spiro atoms. The standard InChI is InChI=1S/C15H13N3O2S/c19-14(17-11-4-3-8-16-10-11)7-9-21-15-18-12-5-1-2-6-13(12)20-15/h1-6,8,10H,7,9H2,(H,17,19). The van der Waals surface area contributed by atoms with E-state index in [9.17, 15) is 4.79 Å². The van der Waals surface area contributed by atoms with Crippen LogP contribution in [-0.2, 0) is 4.79 Å². The summed E-state index contributed by atoms with van der Waals surface area (Å²) in [5.41, 5.74) is 2.30. The van der Waals surface area contributed by atoms with Gasteiger partial charge in [0.05, 0.1) is 11.9 Å². The van der Waals surface area contributed by atoms with E-state index in [1.54, 1.807) is 24.5 Å². The summed E-state index contributed by atoms with van der Waals surface area (Å²) >= 11 is 1.43. The monoisotopic (exact) mass is 299 g/mol. The molecule has 2 aromatic heterocycles. The van der Waals surface area contributed by atoms with Crippen molar-refractivity contribution in [1.29, 1.82) is 0 Å². The van der Waals surface area contributed by atoms with Gasteiger partial charge < -0.3 is 9.73 Å². The van der Waals surface area contributed by atoms with Crippen LogP contribution in [-0.4, -0.2) is 21.6 Å². The van der Waals surface area contributed by atoms with Gasteiger partial charge in [0.15, 0.2) is 5.58 Å². The number of aromatic nitrogens is 2. The third kappa shape index (κ3) is 3.61. The number of anilines is 1. The highest BCUT2D eigenvalue weighted by atomic mass is 32.2. The van der Waals surface area contributed by atoms with E-state index in [1.165, 1.54) is 11.8 Å². The first kappa shape index (κ1) is 13.6. The highest BCUT2D eigenvalue weighted by molar-refractivity contribution is 7.99. The number of oxazole rings is 1. The maximum atomic E-state index is 11.8. The van der Waals surface area contributed by atoms with E-state index in [0.29, 0.717) is 23.1 Å². The van der Waals surface area contributed by atoms with Crippen LogP contribution in [0.2, 0.25) is 0 Å². The molecule has 0 saturated heterocycles. The van der Waals surface area contributed by atoms with Crippen LogP contribution < -0.4 is 5.32 Å². The molecule has 2 heterocycles. The van der Waals surface area contributed by atoms with Crippen LogP contribution in [0.3, 0.4) is 0 Å². The molecule has 0 fully saturated rings. The van der Waals surface area contributed by atoms with Crippen LogP contribution >= 0.6 is 11.8 Å². The zero-order chi connectivity index (χ0) is 14.5. The summed E-state index contributed by atoms with van der Waals surface area (Å²) in [6, 6.07) is 11.2. The summed E-state index contributed by atoms with van der Waals surface area (Å²) < 4.78 is 5.58. The second kappa shape index (κ2) is 6.41. The Morgan fingerprint density at radius 3 is 2.95 bits per heavy atom. The molecular formula is C15H13N3O2S. The Labute approximate surface area is 125 Å². The number of para-hydroxylation sites is 2. The van der Waals surface area contributed by atoms with Crippen molar-refractivity contribution in [1.82, 2.24) is 9.97 Å². The molecule has 0 aliphatic heterocycles. The zero-order valence-corrected chi connectivity index (χ0v) is 12.0. The molecule has 0 aliphatic rings. The molecule has 0 aliphatic carbocycles. The molecule has 0 unspecified atom stereocenters. The van der Waals surface area contributed by atoms with Gasteiger partial charge in [0, 0.05) is 18.4 Å². The second-order valence-electron chi connectivity index (χ2n) is 4.34. The van der Waals surface area contributed by atoms with Gasteiger partial charge in [-0.1, -0.05) is 23.9 Å². The molecule has 3 rings (SSSR count). The topological polar surface area (TPSA) is 68.0 Å². The summed E-state index contributed by atoms with van der Waals surface area (Å²) in [4.78, 5) is 20.1. The molecule has 5 nitrogen and oxygen atoms in total. The van der Waals surface area contributed by atoms with Crippen LogP contribution in [0, 0.1) is 0 Å². The summed E-state index contributed by atoms with van der Waals surface area (Å²) in [7, 11) is 0. The maximum Gasteiger partial charge on any atom is 0.256 e. The van der Waals surface area contributed by atoms with Crippen molar-refractivity contribution in [3.63, 3.8) is 0 Å². The zero-order valence-electron chi connectivity index (χ0n) is 11.2. The van der Waals surface area contributed by atoms with Gasteiger partial charge in [-0.2, -0.15) is 0 Å². The van der Waals surface area contributed by atoms with E-state index in [1.807, 2.05) is 24.3 Å². The molecule has 3 aromatic rings. The first-order chi connectivity index (χ1) is 10.3. The van der Waals surface area contributed by atoms with Crippen molar-refractivity contribution in [2.24, 2.45) is 0 Å². The fourth-order valence-corrected chi connectivity index (χ4v) is 2.58. The Kier molecular flexibility index (Phi) is 4.16. The van der Waals surface area contributed by atoms with E-state index < -0.39 is 0 Å². The third-order valence-electron chi connectivity index (χ3n) is 2.77. The SMILES string of the molecule is O=C(CCSc1nc2ccccc2o1)Nc1cccnc1. The minimum atomic E-state index is -0.0494. The van der Waals surface area contributed by atoms with Crippen molar-refractivity contribution in [3.8, 4) is 0 Å². The average molecular weight is 299 g/mol. The molecule has 0 saturated carbocycles. The number of benzene rings is 1. The maximum absolute atomic E-state index is 11.8. The van der Waals surface area contributed by atoms with E-state index in [2.05, 4.69) is 15.3 Å². The van der Waals surface area contributed by atoms with Crippen LogP contribution in [0.15, 0.2) is 58.4 Å². The van der Waals surface area contributed by atoms with Crippen LogP contribution in [0.25, 0.3) is 11.1 Å². The number of carbonyl (C=O) groups is 1. The number of pyridine rings is 1. The summed E-state index contributed by atoms with van der Waals surface area (Å²) in [6.07, 6.45) is 3.67. The Hall–Kier alpha value is -2.34. The van der Waals surface area contributed by atoms with Crippen molar-refractivity contribution >= 4 is 34.5 Å². The van der Waals surface area contributed by atoms with Crippen LogP contribution in [0.1, 0.15) is 6.42 Å². The number of amides is 1. The van der Waals surface area contributed by atoms with E-state index in [4.69, 9.17) is 4.42 Å². The number of thioether (sulfide) groups is 1. The van der Waals surface area contributed by atoms with Gasteiger partial charge in [-0.15, -0.1) is 0 Å². The lowest BCUT2D eigenvalue weighted by Gasteiger charge is -2.03. The highest BCUT2D eigenvalue weighted by Gasteiger charge is 2.07. The Balaban J connectivity index is 1.50. The number of nitrogens with one attached hydrogen (secondary N) is 1. The molecule has 1 amide bonds. The molecule has 21 heavy (non-hydrogen) atoms. The summed E-state index contributed by atoms with van der Waals surface area (Å²) in [5, 5.41) is 3.38. The average Bonchev–Trinajstić information content (AvgIpc) is 2.91. The van der Waals surface area contributed by atoms with Crippen molar-refractivity contribution in [2.45, 2.75) is 11.6 Å². The molecule has 1 N–H and O–H groups in total. The largest absolute Gasteiger partial charge is 0.431 e. The van der Waals surface area contributed by atoms with Gasteiger partial charge in [0.25, 0.3) is 5.22 Å². The molecule has 0 radical (unpaired) electrons.